The van der Waals surface area contributed by atoms with Crippen molar-refractivity contribution in [1.82, 2.24) is 4.98 Å². The van der Waals surface area contributed by atoms with E-state index >= 15 is 0 Å². The van der Waals surface area contributed by atoms with E-state index in [2.05, 4.69) is 0 Å². The smallest absolute Gasteiger partial charge is 0.233 e. The third-order valence-corrected chi connectivity index (χ3v) is 6.77. The number of nitrogens with zero attached hydrogens (tertiary/aromatic N) is 2. The Morgan fingerprint density at radius 3 is 2.28 bits per heavy atom. The third-order valence-electron chi connectivity index (χ3n) is 6.19. The number of hydrogen-bond donors (Lipinski definition) is 0. The van der Waals surface area contributed by atoms with Gasteiger partial charge in [-0.1, -0.05) is 67.4 Å². The Hall–Kier alpha value is -3.48. The summed E-state index contributed by atoms with van der Waals surface area (Å²) in [6.07, 6.45) is 0.897. The Morgan fingerprint density at radius 1 is 0.972 bits per heavy atom. The Morgan fingerprint density at radius 2 is 1.64 bits per heavy atom. The van der Waals surface area contributed by atoms with Crippen molar-refractivity contribution in [3.8, 4) is 22.4 Å². The monoisotopic (exact) mass is 520 g/mol. The van der Waals surface area contributed by atoms with Gasteiger partial charge in [0.1, 0.15) is 5.69 Å². The number of pyridine rings is 1. The Kier molecular flexibility index (Phi) is 6.41. The quantitative estimate of drug-likeness (QED) is 0.203. The number of hydrogen-bond acceptors (Lipinski definition) is 5. The number of benzene rings is 2. The standard InChI is InChI=1S/C28H22Cl2N2O4/c1-15(2)26(35)27-25(32-22(33)8-5-9-23(32)34)20-14-19(16-10-12-17(29)13-11-16)24(31-28(20)36-27)18-6-3-4-7-21(18)30/h3-4,6-7,10-15H,5,8-9H2,1-2H3. The van der Waals surface area contributed by atoms with Gasteiger partial charge in [-0.05, 0) is 36.2 Å². The SMILES string of the molecule is CC(C)C(=O)c1oc2nc(-c3ccccc3Cl)c(-c3ccc(Cl)cc3)cc2c1N1C(=O)CCCC1=O. The van der Waals surface area contributed by atoms with Crippen molar-refractivity contribution in [1.29, 1.82) is 0 Å². The van der Waals surface area contributed by atoms with E-state index in [1.807, 2.05) is 30.3 Å². The van der Waals surface area contributed by atoms with Crippen molar-refractivity contribution in [3.63, 3.8) is 0 Å². The summed E-state index contributed by atoms with van der Waals surface area (Å²) in [6, 6.07) is 16.3. The number of Topliss-reactive ketones (excluding diaryl/α,β-unsaturated/α-hetero) is 1. The zero-order valence-corrected chi connectivity index (χ0v) is 21.2. The number of imide groups is 1. The Labute approximate surface area is 217 Å². The summed E-state index contributed by atoms with van der Waals surface area (Å²) in [5.41, 5.74) is 3.00. The van der Waals surface area contributed by atoms with Gasteiger partial charge < -0.3 is 4.42 Å². The first kappa shape index (κ1) is 24.2. The number of amides is 2. The van der Waals surface area contributed by atoms with Crippen molar-refractivity contribution >= 4 is 57.6 Å². The molecule has 2 aromatic heterocycles. The number of halogens is 2. The molecule has 2 amide bonds. The maximum Gasteiger partial charge on any atom is 0.233 e. The minimum absolute atomic E-state index is 0.0468. The Bertz CT molecular complexity index is 1510. The summed E-state index contributed by atoms with van der Waals surface area (Å²) in [5.74, 6) is -1.51. The first-order chi connectivity index (χ1) is 17.3. The van der Waals surface area contributed by atoms with Gasteiger partial charge >= 0.3 is 0 Å². The number of ketones is 1. The number of rotatable bonds is 5. The van der Waals surface area contributed by atoms with Gasteiger partial charge in [0.2, 0.25) is 23.3 Å². The van der Waals surface area contributed by atoms with Crippen molar-refractivity contribution < 1.29 is 18.8 Å². The third kappa shape index (κ3) is 4.21. The fourth-order valence-corrected chi connectivity index (χ4v) is 4.72. The van der Waals surface area contributed by atoms with E-state index in [4.69, 9.17) is 32.6 Å². The number of piperidine rings is 1. The second-order valence-electron chi connectivity index (χ2n) is 9.00. The molecule has 0 bridgehead atoms. The lowest BCUT2D eigenvalue weighted by Gasteiger charge is -2.25. The molecule has 4 aromatic rings. The van der Waals surface area contributed by atoms with Crippen molar-refractivity contribution in [2.75, 3.05) is 4.90 Å². The zero-order valence-electron chi connectivity index (χ0n) is 19.7. The molecule has 1 aliphatic heterocycles. The largest absolute Gasteiger partial charge is 0.432 e. The van der Waals surface area contributed by atoms with Gasteiger partial charge in [-0.3, -0.25) is 14.4 Å². The second kappa shape index (κ2) is 9.52. The summed E-state index contributed by atoms with van der Waals surface area (Å²) in [7, 11) is 0. The van der Waals surface area contributed by atoms with E-state index in [0.717, 1.165) is 10.5 Å². The van der Waals surface area contributed by atoms with Crippen LogP contribution in [-0.2, 0) is 9.59 Å². The zero-order chi connectivity index (χ0) is 25.6. The molecule has 182 valence electrons. The molecule has 0 unspecified atom stereocenters. The average molecular weight is 521 g/mol. The molecule has 0 N–H and O–H groups in total. The highest BCUT2D eigenvalue weighted by Gasteiger charge is 2.36. The predicted molar refractivity (Wildman–Crippen MR) is 140 cm³/mol. The molecule has 2 aromatic carbocycles. The average Bonchev–Trinajstić information content (AvgIpc) is 3.21. The van der Waals surface area contributed by atoms with Crippen molar-refractivity contribution in [2.45, 2.75) is 33.1 Å². The number of anilines is 1. The van der Waals surface area contributed by atoms with E-state index in [-0.39, 0.29) is 47.6 Å². The molecule has 0 saturated carbocycles. The van der Waals surface area contributed by atoms with Gasteiger partial charge in [-0.15, -0.1) is 0 Å². The lowest BCUT2D eigenvalue weighted by molar-refractivity contribution is -0.129. The van der Waals surface area contributed by atoms with Crippen LogP contribution < -0.4 is 4.90 Å². The summed E-state index contributed by atoms with van der Waals surface area (Å²) in [4.78, 5) is 44.9. The first-order valence-corrected chi connectivity index (χ1v) is 12.4. The van der Waals surface area contributed by atoms with Crippen LogP contribution in [0.5, 0.6) is 0 Å². The highest BCUT2D eigenvalue weighted by Crippen LogP contribution is 2.43. The van der Waals surface area contributed by atoms with E-state index in [1.165, 1.54) is 0 Å². The molecular formula is C28H22Cl2N2O4. The molecule has 6 nitrogen and oxygen atoms in total. The molecule has 0 aliphatic carbocycles. The van der Waals surface area contributed by atoms with Crippen LogP contribution >= 0.6 is 23.2 Å². The molecule has 5 rings (SSSR count). The normalized spacial score (nSPS) is 14.2. The molecule has 0 atom stereocenters. The molecule has 8 heteroatoms. The number of furan rings is 1. The molecular weight excluding hydrogens is 499 g/mol. The number of carbonyl (C=O) groups excluding carboxylic acids is 3. The molecule has 1 saturated heterocycles. The lowest BCUT2D eigenvalue weighted by atomic mass is 9.97. The molecule has 1 fully saturated rings. The summed E-state index contributed by atoms with van der Waals surface area (Å²) in [5, 5.41) is 1.47. The maximum absolute atomic E-state index is 13.2. The first-order valence-electron chi connectivity index (χ1n) is 11.6. The van der Waals surface area contributed by atoms with Gasteiger partial charge in [-0.2, -0.15) is 0 Å². The number of fused-ring (bicyclic) bond motifs is 1. The predicted octanol–water partition coefficient (Wildman–Crippen LogP) is 7.35. The van der Waals surface area contributed by atoms with E-state index in [0.29, 0.717) is 38.7 Å². The lowest BCUT2D eigenvalue weighted by Crippen LogP contribution is -2.40. The highest BCUT2D eigenvalue weighted by molar-refractivity contribution is 6.33. The maximum atomic E-state index is 13.2. The number of carbonyl (C=O) groups is 3. The topological polar surface area (TPSA) is 80.5 Å². The van der Waals surface area contributed by atoms with Crippen LogP contribution in [-0.4, -0.2) is 22.6 Å². The summed E-state index contributed by atoms with van der Waals surface area (Å²) >= 11 is 12.7. The van der Waals surface area contributed by atoms with Crippen LogP contribution in [0.25, 0.3) is 33.5 Å². The van der Waals surface area contributed by atoms with Crippen LogP contribution in [0.15, 0.2) is 59.0 Å². The van der Waals surface area contributed by atoms with Crippen LogP contribution in [0.2, 0.25) is 10.0 Å². The minimum atomic E-state index is -0.418. The van der Waals surface area contributed by atoms with E-state index < -0.39 is 5.92 Å². The number of aromatic nitrogens is 1. The van der Waals surface area contributed by atoms with E-state index in [9.17, 15) is 14.4 Å². The summed E-state index contributed by atoms with van der Waals surface area (Å²) < 4.78 is 6.01. The van der Waals surface area contributed by atoms with Gasteiger partial charge in [0.05, 0.1) is 11.1 Å². The van der Waals surface area contributed by atoms with Gasteiger partial charge in [0.15, 0.2) is 5.76 Å². The van der Waals surface area contributed by atoms with Gasteiger partial charge in [0.25, 0.3) is 0 Å². The van der Waals surface area contributed by atoms with Crippen molar-refractivity contribution in [2.24, 2.45) is 5.92 Å². The fourth-order valence-electron chi connectivity index (χ4n) is 4.37. The molecule has 36 heavy (non-hydrogen) atoms. The van der Waals surface area contributed by atoms with Crippen LogP contribution in [0.3, 0.4) is 0 Å². The minimum Gasteiger partial charge on any atom is -0.432 e. The molecule has 0 spiro atoms. The highest BCUT2D eigenvalue weighted by atomic mass is 35.5. The van der Waals surface area contributed by atoms with E-state index in [1.54, 1.807) is 38.1 Å². The molecule has 1 aliphatic rings. The van der Waals surface area contributed by atoms with Gasteiger partial charge in [0, 0.05) is 39.9 Å². The van der Waals surface area contributed by atoms with Gasteiger partial charge in [-0.25, -0.2) is 9.88 Å². The van der Waals surface area contributed by atoms with Crippen molar-refractivity contribution in [3.05, 3.63) is 70.4 Å². The fraction of sp³-hybridized carbons (Fsp3) is 0.214. The van der Waals surface area contributed by atoms with Crippen LogP contribution in [0, 0.1) is 5.92 Å². The summed E-state index contributed by atoms with van der Waals surface area (Å²) in [6.45, 7) is 3.47. The second-order valence-corrected chi connectivity index (χ2v) is 9.84. The van der Waals surface area contributed by atoms with Crippen LogP contribution in [0.1, 0.15) is 43.7 Å². The molecule has 3 heterocycles. The Balaban J connectivity index is 1.86. The van der Waals surface area contributed by atoms with Crippen LogP contribution in [0.4, 0.5) is 5.69 Å². The molecule has 0 radical (unpaired) electrons.